The van der Waals surface area contributed by atoms with E-state index in [4.69, 9.17) is 14.5 Å². The fraction of sp³-hybridized carbons (Fsp3) is 0.333. The Morgan fingerprint density at radius 1 is 1.18 bits per heavy atom. The van der Waals surface area contributed by atoms with Gasteiger partial charge >= 0.3 is 6.03 Å². The Bertz CT molecular complexity index is 1420. The molecule has 11 nitrogen and oxygen atoms in total. The number of methoxy groups -OCH3 is 1. The highest BCUT2D eigenvalue weighted by molar-refractivity contribution is 6.15. The number of aryl methyl sites for hydroxylation is 1. The van der Waals surface area contributed by atoms with Gasteiger partial charge in [-0.05, 0) is 30.2 Å². The van der Waals surface area contributed by atoms with Crippen LogP contribution < -0.4 is 10.1 Å². The van der Waals surface area contributed by atoms with E-state index in [1.54, 1.807) is 22.9 Å². The number of amidine groups is 1. The van der Waals surface area contributed by atoms with Crippen molar-refractivity contribution in [2.24, 2.45) is 9.98 Å². The number of aliphatic hydroxyl groups excluding tert-OH is 2. The van der Waals surface area contributed by atoms with Gasteiger partial charge < -0.3 is 25.0 Å². The van der Waals surface area contributed by atoms with E-state index in [9.17, 15) is 15.0 Å². The molecule has 0 bridgehead atoms. The third-order valence-electron chi connectivity index (χ3n) is 7.29. The summed E-state index contributed by atoms with van der Waals surface area (Å²) in [6.07, 6.45) is 1.18. The predicted molar refractivity (Wildman–Crippen MR) is 138 cm³/mol. The Hall–Kier alpha value is -4.06. The van der Waals surface area contributed by atoms with E-state index in [0.29, 0.717) is 17.3 Å². The minimum atomic E-state index is -1.21. The molecular weight excluding hydrogens is 488 g/mol. The number of urea groups is 1. The number of carbonyl (C=O) groups is 1. The zero-order valence-electron chi connectivity index (χ0n) is 21.0. The number of amides is 2. The minimum Gasteiger partial charge on any atom is -0.497 e. The van der Waals surface area contributed by atoms with E-state index in [1.165, 1.54) is 6.34 Å². The Morgan fingerprint density at radius 3 is 2.63 bits per heavy atom. The van der Waals surface area contributed by atoms with Crippen molar-refractivity contribution in [3.05, 3.63) is 77.2 Å². The number of ether oxygens (including phenoxy) is 2. The third-order valence-corrected chi connectivity index (χ3v) is 7.29. The first-order valence-electron chi connectivity index (χ1n) is 12.4. The number of rotatable bonds is 6. The molecular formula is C27H28N6O5. The van der Waals surface area contributed by atoms with Gasteiger partial charge in [-0.2, -0.15) is 0 Å². The van der Waals surface area contributed by atoms with E-state index < -0.39 is 24.0 Å². The fourth-order valence-corrected chi connectivity index (χ4v) is 5.26. The predicted octanol–water partition coefficient (Wildman–Crippen LogP) is 2.38. The van der Waals surface area contributed by atoms with Gasteiger partial charge in [-0.1, -0.05) is 42.0 Å². The van der Waals surface area contributed by atoms with Crippen LogP contribution >= 0.6 is 0 Å². The molecule has 2 fully saturated rings. The van der Waals surface area contributed by atoms with Crippen molar-refractivity contribution in [3.8, 4) is 5.75 Å². The van der Waals surface area contributed by atoms with E-state index in [0.717, 1.165) is 22.4 Å². The normalized spacial score (nSPS) is 26.0. The summed E-state index contributed by atoms with van der Waals surface area (Å²) in [5, 5.41) is 23.0. The van der Waals surface area contributed by atoms with Gasteiger partial charge in [0.25, 0.3) is 0 Å². The van der Waals surface area contributed by atoms with Gasteiger partial charge in [0, 0.05) is 6.42 Å². The summed E-state index contributed by atoms with van der Waals surface area (Å²) in [5.41, 5.74) is 2.04. The Kier molecular flexibility index (Phi) is 5.98. The van der Waals surface area contributed by atoms with Crippen molar-refractivity contribution in [1.82, 2.24) is 19.8 Å². The Labute approximate surface area is 219 Å². The lowest BCUT2D eigenvalue weighted by molar-refractivity contribution is -0.0438. The van der Waals surface area contributed by atoms with Gasteiger partial charge in [0.15, 0.2) is 17.2 Å². The number of nitrogens with one attached hydrogen (secondary N) is 1. The molecule has 4 atom stereocenters. The highest BCUT2D eigenvalue weighted by Gasteiger charge is 2.55. The molecule has 0 saturated carbocycles. The number of aliphatic hydroxyl groups is 2. The van der Waals surface area contributed by atoms with Crippen molar-refractivity contribution >= 4 is 24.0 Å². The molecule has 0 aliphatic carbocycles. The third kappa shape index (κ3) is 3.78. The lowest BCUT2D eigenvalue weighted by Crippen LogP contribution is -2.45. The molecule has 3 N–H and O–H groups in total. The number of nitrogens with zero attached hydrogens (tertiary/aromatic N) is 5. The number of aromatic nitrogens is 2. The van der Waals surface area contributed by atoms with Crippen LogP contribution in [0.1, 0.15) is 35.0 Å². The zero-order valence-corrected chi connectivity index (χ0v) is 21.0. The molecule has 3 aliphatic rings. The quantitative estimate of drug-likeness (QED) is 0.461. The first-order chi connectivity index (χ1) is 18.4. The van der Waals surface area contributed by atoms with Crippen LogP contribution in [0.2, 0.25) is 0 Å². The second-order valence-corrected chi connectivity index (χ2v) is 9.62. The Balaban J connectivity index is 1.46. The molecule has 3 aromatic rings. The van der Waals surface area contributed by atoms with Crippen LogP contribution in [-0.4, -0.2) is 68.8 Å². The van der Waals surface area contributed by atoms with Crippen molar-refractivity contribution in [2.75, 3.05) is 13.7 Å². The van der Waals surface area contributed by atoms with Gasteiger partial charge in [-0.15, -0.1) is 0 Å². The van der Waals surface area contributed by atoms with Crippen LogP contribution in [-0.2, 0) is 16.8 Å². The molecule has 2 amide bonds. The molecule has 3 aliphatic heterocycles. The Morgan fingerprint density at radius 2 is 1.95 bits per heavy atom. The van der Waals surface area contributed by atoms with Crippen LogP contribution in [0.4, 0.5) is 10.6 Å². The molecule has 1 aromatic heterocycles. The fourth-order valence-electron chi connectivity index (χ4n) is 5.26. The second-order valence-electron chi connectivity index (χ2n) is 9.62. The van der Waals surface area contributed by atoms with Crippen molar-refractivity contribution in [1.29, 1.82) is 0 Å². The van der Waals surface area contributed by atoms with Crippen LogP contribution in [0, 0.1) is 6.92 Å². The first kappa shape index (κ1) is 24.3. The highest BCUT2D eigenvalue weighted by Crippen LogP contribution is 2.44. The lowest BCUT2D eigenvalue weighted by atomic mass is 9.85. The van der Waals surface area contributed by atoms with Gasteiger partial charge in [-0.25, -0.2) is 19.8 Å². The second kappa shape index (κ2) is 9.35. The van der Waals surface area contributed by atoms with E-state index in [-0.39, 0.29) is 25.6 Å². The van der Waals surface area contributed by atoms with Crippen LogP contribution in [0.3, 0.4) is 0 Å². The molecule has 0 spiro atoms. The maximum absolute atomic E-state index is 13.6. The number of carbonyl (C=O) groups excluding carboxylic acids is 1. The molecule has 2 aromatic carbocycles. The molecule has 2 saturated heterocycles. The molecule has 1 unspecified atom stereocenters. The molecule has 4 heterocycles. The number of hydrogen-bond acceptors (Lipinski definition) is 8. The van der Waals surface area contributed by atoms with Gasteiger partial charge in [0.2, 0.25) is 0 Å². The number of hydrogen-bond donors (Lipinski definition) is 3. The van der Waals surface area contributed by atoms with Crippen molar-refractivity contribution in [2.45, 2.75) is 43.9 Å². The summed E-state index contributed by atoms with van der Waals surface area (Å²) in [6.45, 7) is 1.98. The monoisotopic (exact) mass is 516 g/mol. The minimum absolute atomic E-state index is 0.269. The topological polar surface area (TPSA) is 134 Å². The number of benzene rings is 2. The summed E-state index contributed by atoms with van der Waals surface area (Å²) >= 11 is 0. The van der Waals surface area contributed by atoms with Gasteiger partial charge in [0.1, 0.15) is 30.1 Å². The summed E-state index contributed by atoms with van der Waals surface area (Å²) in [5.74, 6) is 1.63. The van der Waals surface area contributed by atoms with Crippen LogP contribution in [0.15, 0.2) is 64.8 Å². The SMILES string of the molecule is COc1ccc(CN2C(=O)NC3(c4ccc(C)cc4)C2=NC=Nc2c3ncn2[C@H]2C[C@@H](O)[C@@H](CO)O2)cc1. The highest BCUT2D eigenvalue weighted by atomic mass is 16.5. The lowest BCUT2D eigenvalue weighted by Gasteiger charge is -2.29. The molecule has 6 rings (SSSR count). The average Bonchev–Trinajstić information content (AvgIpc) is 3.56. The maximum Gasteiger partial charge on any atom is 0.324 e. The van der Waals surface area contributed by atoms with E-state index >= 15 is 0 Å². The smallest absolute Gasteiger partial charge is 0.324 e. The first-order valence-corrected chi connectivity index (χ1v) is 12.4. The largest absolute Gasteiger partial charge is 0.497 e. The molecule has 196 valence electrons. The van der Waals surface area contributed by atoms with E-state index in [1.807, 2.05) is 55.5 Å². The van der Waals surface area contributed by atoms with Crippen molar-refractivity contribution < 1.29 is 24.5 Å². The van der Waals surface area contributed by atoms with Gasteiger partial charge in [-0.3, -0.25) is 9.47 Å². The molecule has 38 heavy (non-hydrogen) atoms. The van der Waals surface area contributed by atoms with Gasteiger partial charge in [0.05, 0.1) is 32.7 Å². The van der Waals surface area contributed by atoms with Crippen LogP contribution in [0.5, 0.6) is 5.75 Å². The van der Waals surface area contributed by atoms with Crippen molar-refractivity contribution in [3.63, 3.8) is 0 Å². The summed E-state index contributed by atoms with van der Waals surface area (Å²) in [4.78, 5) is 29.2. The number of imidazole rings is 1. The summed E-state index contributed by atoms with van der Waals surface area (Å²) < 4.78 is 12.9. The summed E-state index contributed by atoms with van der Waals surface area (Å²) in [6, 6.07) is 15.1. The molecule has 0 radical (unpaired) electrons. The molecule has 11 heteroatoms. The average molecular weight is 517 g/mol. The maximum atomic E-state index is 13.6. The standard InChI is InChI=1S/C27H28N6O5/c1-16-3-7-18(8-4-16)27-23-24(33(15-30-23)22-11-20(35)21(13-34)38-22)28-14-29-25(27)32(26(36)31-27)12-17-5-9-19(37-2)10-6-17/h3-10,14-15,20-22,34-35H,11-13H2,1-2H3,(H,31,36)/t20-,21-,22-,27?/m1/s1. The van der Waals surface area contributed by atoms with Crippen LogP contribution in [0.25, 0.3) is 0 Å². The zero-order chi connectivity index (χ0) is 26.4. The summed E-state index contributed by atoms with van der Waals surface area (Å²) in [7, 11) is 1.61. The van der Waals surface area contributed by atoms with E-state index in [2.05, 4.69) is 15.3 Å². The number of aliphatic imine (C=N–C) groups is 2. The number of fused-ring (bicyclic) bond motifs is 3.